The van der Waals surface area contributed by atoms with Crippen LogP contribution in [0, 0.1) is 5.92 Å². The van der Waals surface area contributed by atoms with Crippen LogP contribution >= 0.6 is 0 Å². The molecule has 0 saturated carbocycles. The Morgan fingerprint density at radius 3 is 2.56 bits per heavy atom. The minimum atomic E-state index is -0.0334. The van der Waals surface area contributed by atoms with Crippen LogP contribution in [0.5, 0.6) is 0 Å². The Kier molecular flexibility index (Phi) is 5.39. The topological polar surface area (TPSA) is 68.8 Å². The fourth-order valence-electron chi connectivity index (χ4n) is 3.57. The SMILES string of the molecule is O=c1ccc(-c2ccncc2)nn1CC1CCN(CCn2cccn2)CC1. The first-order valence-corrected chi connectivity index (χ1v) is 9.46. The maximum Gasteiger partial charge on any atom is 0.266 e. The first kappa shape index (κ1) is 17.6. The number of pyridine rings is 1. The second-order valence-electron chi connectivity index (χ2n) is 7.03. The van der Waals surface area contributed by atoms with Gasteiger partial charge < -0.3 is 4.90 Å². The third kappa shape index (κ3) is 4.49. The summed E-state index contributed by atoms with van der Waals surface area (Å²) >= 11 is 0. The second-order valence-corrected chi connectivity index (χ2v) is 7.03. The zero-order valence-corrected chi connectivity index (χ0v) is 15.3. The Morgan fingerprint density at radius 2 is 1.81 bits per heavy atom. The van der Waals surface area contributed by atoms with Crippen LogP contribution in [0.2, 0.25) is 0 Å². The minimum absolute atomic E-state index is 0.0334. The van der Waals surface area contributed by atoms with Crippen molar-refractivity contribution in [2.45, 2.75) is 25.9 Å². The summed E-state index contributed by atoms with van der Waals surface area (Å²) in [5, 5.41) is 8.83. The highest BCUT2D eigenvalue weighted by Crippen LogP contribution is 2.19. The van der Waals surface area contributed by atoms with Gasteiger partial charge in [0.15, 0.2) is 0 Å². The second kappa shape index (κ2) is 8.26. The molecule has 0 atom stereocenters. The number of hydrogen-bond acceptors (Lipinski definition) is 5. The van der Waals surface area contributed by atoms with Gasteiger partial charge in [-0.25, -0.2) is 4.68 Å². The number of likely N-dealkylation sites (tertiary alicyclic amines) is 1. The molecule has 4 rings (SSSR count). The molecule has 3 aromatic rings. The molecule has 7 nitrogen and oxygen atoms in total. The van der Waals surface area contributed by atoms with Crippen molar-refractivity contribution >= 4 is 0 Å². The van der Waals surface area contributed by atoms with Gasteiger partial charge in [0.1, 0.15) is 0 Å². The lowest BCUT2D eigenvalue weighted by Crippen LogP contribution is -2.38. The van der Waals surface area contributed by atoms with E-state index < -0.39 is 0 Å². The van der Waals surface area contributed by atoms with Crippen LogP contribution in [0.4, 0.5) is 0 Å². The summed E-state index contributed by atoms with van der Waals surface area (Å²) in [5.74, 6) is 0.490. The molecule has 3 aromatic heterocycles. The van der Waals surface area contributed by atoms with Crippen molar-refractivity contribution in [3.8, 4) is 11.3 Å². The highest BCUT2D eigenvalue weighted by atomic mass is 16.1. The first-order chi connectivity index (χ1) is 13.3. The highest BCUT2D eigenvalue weighted by Gasteiger charge is 2.20. The smallest absolute Gasteiger partial charge is 0.266 e. The molecule has 0 aliphatic carbocycles. The van der Waals surface area contributed by atoms with Crippen molar-refractivity contribution in [2.75, 3.05) is 19.6 Å². The van der Waals surface area contributed by atoms with Crippen molar-refractivity contribution in [1.29, 1.82) is 0 Å². The fraction of sp³-hybridized carbons (Fsp3) is 0.400. The molecule has 1 saturated heterocycles. The van der Waals surface area contributed by atoms with Crippen molar-refractivity contribution in [3.05, 3.63) is 65.5 Å². The normalized spacial score (nSPS) is 15.9. The lowest BCUT2D eigenvalue weighted by Gasteiger charge is -2.31. The zero-order chi connectivity index (χ0) is 18.5. The average molecular weight is 364 g/mol. The van der Waals surface area contributed by atoms with Gasteiger partial charge in [0.05, 0.1) is 12.2 Å². The van der Waals surface area contributed by atoms with Crippen LogP contribution in [-0.4, -0.2) is 49.1 Å². The van der Waals surface area contributed by atoms with Crippen LogP contribution in [-0.2, 0) is 13.1 Å². The van der Waals surface area contributed by atoms with Crippen LogP contribution in [0.1, 0.15) is 12.8 Å². The van der Waals surface area contributed by atoms with Gasteiger partial charge in [-0.1, -0.05) is 0 Å². The third-order valence-electron chi connectivity index (χ3n) is 5.19. The van der Waals surface area contributed by atoms with Crippen LogP contribution in [0.25, 0.3) is 11.3 Å². The predicted octanol–water partition coefficient (Wildman–Crippen LogP) is 1.91. The molecule has 1 aliphatic heterocycles. The van der Waals surface area contributed by atoms with E-state index in [-0.39, 0.29) is 5.56 Å². The van der Waals surface area contributed by atoms with Gasteiger partial charge in [-0.2, -0.15) is 10.2 Å². The van der Waals surface area contributed by atoms with E-state index in [1.807, 2.05) is 35.3 Å². The third-order valence-corrected chi connectivity index (χ3v) is 5.19. The van der Waals surface area contributed by atoms with E-state index in [4.69, 9.17) is 0 Å². The summed E-state index contributed by atoms with van der Waals surface area (Å²) in [7, 11) is 0. The largest absolute Gasteiger partial charge is 0.301 e. The van der Waals surface area contributed by atoms with Gasteiger partial charge in [0, 0.05) is 49.5 Å². The molecule has 0 radical (unpaired) electrons. The highest BCUT2D eigenvalue weighted by molar-refractivity contribution is 5.56. The lowest BCUT2D eigenvalue weighted by atomic mass is 9.97. The van der Waals surface area contributed by atoms with E-state index in [1.54, 1.807) is 29.2 Å². The van der Waals surface area contributed by atoms with E-state index in [1.165, 1.54) is 0 Å². The standard InChI is InChI=1S/C20H24N6O/c27-20-3-2-19(18-4-9-21-10-5-18)23-26(20)16-17-6-12-24(13-7-17)14-15-25-11-1-8-22-25/h1-5,8-11,17H,6-7,12-16H2. The Bertz CT molecular complexity index is 898. The number of piperidine rings is 1. The van der Waals surface area contributed by atoms with Gasteiger partial charge in [-0.3, -0.25) is 14.5 Å². The summed E-state index contributed by atoms with van der Waals surface area (Å²) in [6.07, 6.45) is 9.48. The van der Waals surface area contributed by atoms with Crippen molar-refractivity contribution < 1.29 is 0 Å². The lowest BCUT2D eigenvalue weighted by molar-refractivity contribution is 0.163. The molecular weight excluding hydrogens is 340 g/mol. The minimum Gasteiger partial charge on any atom is -0.301 e. The molecule has 0 amide bonds. The van der Waals surface area contributed by atoms with Gasteiger partial charge in [0.25, 0.3) is 5.56 Å². The van der Waals surface area contributed by atoms with Crippen LogP contribution in [0.3, 0.4) is 0 Å². The summed E-state index contributed by atoms with van der Waals surface area (Å²) in [5.41, 5.74) is 1.76. The quantitative estimate of drug-likeness (QED) is 0.668. The number of hydrogen-bond donors (Lipinski definition) is 0. The predicted molar refractivity (Wildman–Crippen MR) is 103 cm³/mol. The van der Waals surface area contributed by atoms with Crippen LogP contribution < -0.4 is 5.56 Å². The maximum absolute atomic E-state index is 12.2. The monoisotopic (exact) mass is 364 g/mol. The van der Waals surface area contributed by atoms with E-state index in [2.05, 4.69) is 20.1 Å². The molecule has 0 N–H and O–H groups in total. The molecule has 27 heavy (non-hydrogen) atoms. The summed E-state index contributed by atoms with van der Waals surface area (Å²) < 4.78 is 3.60. The van der Waals surface area contributed by atoms with Crippen LogP contribution in [0.15, 0.2) is 59.9 Å². The molecule has 0 spiro atoms. The Morgan fingerprint density at radius 1 is 1.00 bits per heavy atom. The Balaban J connectivity index is 1.34. The van der Waals surface area contributed by atoms with Crippen molar-refractivity contribution in [1.82, 2.24) is 29.4 Å². The summed E-state index contributed by atoms with van der Waals surface area (Å²) in [4.78, 5) is 18.8. The molecule has 0 unspecified atom stereocenters. The molecule has 0 aromatic carbocycles. The first-order valence-electron chi connectivity index (χ1n) is 9.46. The van der Waals surface area contributed by atoms with Crippen molar-refractivity contribution in [2.24, 2.45) is 5.92 Å². The Hall–Kier alpha value is -2.80. The maximum atomic E-state index is 12.2. The van der Waals surface area contributed by atoms with E-state index >= 15 is 0 Å². The molecule has 1 fully saturated rings. The van der Waals surface area contributed by atoms with Gasteiger partial charge in [0.2, 0.25) is 0 Å². The van der Waals surface area contributed by atoms with E-state index in [9.17, 15) is 4.79 Å². The Labute approximate surface area is 158 Å². The fourth-order valence-corrected chi connectivity index (χ4v) is 3.57. The molecule has 1 aliphatic rings. The van der Waals surface area contributed by atoms with Crippen molar-refractivity contribution in [3.63, 3.8) is 0 Å². The molecule has 0 bridgehead atoms. The van der Waals surface area contributed by atoms with Gasteiger partial charge >= 0.3 is 0 Å². The molecule has 4 heterocycles. The van der Waals surface area contributed by atoms with E-state index in [0.29, 0.717) is 12.5 Å². The summed E-state index contributed by atoms with van der Waals surface area (Å²) in [6, 6.07) is 9.18. The number of rotatable bonds is 6. The number of aromatic nitrogens is 5. The molecular formula is C20H24N6O. The average Bonchev–Trinajstić information content (AvgIpc) is 3.23. The van der Waals surface area contributed by atoms with E-state index in [0.717, 1.165) is 50.3 Å². The molecule has 140 valence electrons. The number of nitrogens with zero attached hydrogens (tertiary/aromatic N) is 6. The summed E-state index contributed by atoms with van der Waals surface area (Å²) in [6.45, 7) is 4.75. The van der Waals surface area contributed by atoms with Gasteiger partial charge in [-0.15, -0.1) is 0 Å². The zero-order valence-electron chi connectivity index (χ0n) is 15.3. The molecule has 7 heteroatoms. The van der Waals surface area contributed by atoms with Gasteiger partial charge in [-0.05, 0) is 56.1 Å².